The Morgan fingerprint density at radius 1 is 1.15 bits per heavy atom. The van der Waals surface area contributed by atoms with Gasteiger partial charge in [0.1, 0.15) is 0 Å². The SMILES string of the molecule is CC(C)C1(CNCc2ccc3c(c2)OCCCO3)CC1. The Morgan fingerprint density at radius 2 is 1.90 bits per heavy atom. The van der Waals surface area contributed by atoms with Crippen LogP contribution in [0.25, 0.3) is 0 Å². The molecule has 3 rings (SSSR count). The fourth-order valence-electron chi connectivity index (χ4n) is 2.89. The van der Waals surface area contributed by atoms with Gasteiger partial charge in [-0.05, 0) is 41.9 Å². The van der Waals surface area contributed by atoms with E-state index in [9.17, 15) is 0 Å². The molecule has 0 amide bonds. The summed E-state index contributed by atoms with van der Waals surface area (Å²) in [6, 6.07) is 6.28. The van der Waals surface area contributed by atoms with Crippen LogP contribution in [0, 0.1) is 11.3 Å². The van der Waals surface area contributed by atoms with Gasteiger partial charge in [0, 0.05) is 19.5 Å². The van der Waals surface area contributed by atoms with E-state index in [4.69, 9.17) is 9.47 Å². The van der Waals surface area contributed by atoms with Crippen molar-refractivity contribution in [3.05, 3.63) is 23.8 Å². The van der Waals surface area contributed by atoms with E-state index in [1.54, 1.807) is 0 Å². The molecule has 1 fully saturated rings. The van der Waals surface area contributed by atoms with Crippen LogP contribution in [-0.4, -0.2) is 19.8 Å². The summed E-state index contributed by atoms with van der Waals surface area (Å²) in [6.45, 7) is 8.20. The molecule has 1 heterocycles. The third-order valence-electron chi connectivity index (χ3n) is 4.74. The molecule has 3 nitrogen and oxygen atoms in total. The number of fused-ring (bicyclic) bond motifs is 1. The van der Waals surface area contributed by atoms with E-state index in [2.05, 4.69) is 31.3 Å². The average Bonchev–Trinajstić information content (AvgIpc) is 3.22. The van der Waals surface area contributed by atoms with E-state index in [1.165, 1.54) is 18.4 Å². The average molecular weight is 275 g/mol. The van der Waals surface area contributed by atoms with Crippen LogP contribution in [0.3, 0.4) is 0 Å². The van der Waals surface area contributed by atoms with Crippen molar-refractivity contribution in [2.45, 2.75) is 39.7 Å². The molecule has 1 aromatic carbocycles. The molecule has 1 aliphatic carbocycles. The van der Waals surface area contributed by atoms with E-state index in [-0.39, 0.29) is 0 Å². The molecule has 0 spiro atoms. The summed E-state index contributed by atoms with van der Waals surface area (Å²) in [6.07, 6.45) is 3.71. The molecular weight excluding hydrogens is 250 g/mol. The Labute approximate surface area is 121 Å². The summed E-state index contributed by atoms with van der Waals surface area (Å²) < 4.78 is 11.4. The smallest absolute Gasteiger partial charge is 0.161 e. The van der Waals surface area contributed by atoms with Crippen LogP contribution in [-0.2, 0) is 6.54 Å². The standard InChI is InChI=1S/C17H25NO2/c1-13(2)17(6-7-17)12-18-11-14-4-5-15-16(10-14)20-9-3-8-19-15/h4-5,10,13,18H,3,6-9,11-12H2,1-2H3. The van der Waals surface area contributed by atoms with Crippen LogP contribution < -0.4 is 14.8 Å². The first-order valence-corrected chi connectivity index (χ1v) is 7.79. The van der Waals surface area contributed by atoms with Crippen molar-refractivity contribution in [3.63, 3.8) is 0 Å². The van der Waals surface area contributed by atoms with Crippen LogP contribution in [0.4, 0.5) is 0 Å². The van der Waals surface area contributed by atoms with Crippen LogP contribution in [0.1, 0.15) is 38.7 Å². The van der Waals surface area contributed by atoms with Gasteiger partial charge in [-0.2, -0.15) is 0 Å². The Kier molecular flexibility index (Phi) is 3.88. The first-order chi connectivity index (χ1) is 9.70. The zero-order valence-electron chi connectivity index (χ0n) is 12.6. The van der Waals surface area contributed by atoms with Crippen molar-refractivity contribution >= 4 is 0 Å². The molecule has 1 N–H and O–H groups in total. The highest BCUT2D eigenvalue weighted by atomic mass is 16.5. The molecule has 1 aliphatic heterocycles. The summed E-state index contributed by atoms with van der Waals surface area (Å²) in [5, 5.41) is 3.61. The largest absolute Gasteiger partial charge is 0.490 e. The molecule has 1 saturated carbocycles. The van der Waals surface area contributed by atoms with Crippen molar-refractivity contribution in [2.24, 2.45) is 11.3 Å². The monoisotopic (exact) mass is 275 g/mol. The second-order valence-electron chi connectivity index (χ2n) is 6.45. The summed E-state index contributed by atoms with van der Waals surface area (Å²) >= 11 is 0. The second kappa shape index (κ2) is 5.65. The molecule has 0 aromatic heterocycles. The first kappa shape index (κ1) is 13.7. The number of benzene rings is 1. The van der Waals surface area contributed by atoms with Crippen LogP contribution >= 0.6 is 0 Å². The van der Waals surface area contributed by atoms with E-state index >= 15 is 0 Å². The molecule has 110 valence electrons. The highest BCUT2D eigenvalue weighted by Gasteiger charge is 2.44. The van der Waals surface area contributed by atoms with Gasteiger partial charge in [0.05, 0.1) is 13.2 Å². The molecule has 3 heteroatoms. The molecule has 0 radical (unpaired) electrons. The Morgan fingerprint density at radius 3 is 2.60 bits per heavy atom. The lowest BCUT2D eigenvalue weighted by molar-refractivity contribution is 0.297. The molecule has 1 aromatic rings. The molecule has 0 saturated heterocycles. The topological polar surface area (TPSA) is 30.5 Å². The van der Waals surface area contributed by atoms with Gasteiger partial charge in [0.2, 0.25) is 0 Å². The number of rotatable bonds is 5. The van der Waals surface area contributed by atoms with Crippen molar-refractivity contribution < 1.29 is 9.47 Å². The van der Waals surface area contributed by atoms with Crippen LogP contribution in [0.2, 0.25) is 0 Å². The maximum absolute atomic E-state index is 5.73. The maximum Gasteiger partial charge on any atom is 0.161 e. The third-order valence-corrected chi connectivity index (χ3v) is 4.74. The van der Waals surface area contributed by atoms with Crippen molar-refractivity contribution in [2.75, 3.05) is 19.8 Å². The minimum atomic E-state index is 0.561. The van der Waals surface area contributed by atoms with E-state index < -0.39 is 0 Å². The third kappa shape index (κ3) is 2.93. The van der Waals surface area contributed by atoms with Crippen LogP contribution in [0.15, 0.2) is 18.2 Å². The number of hydrogen-bond acceptors (Lipinski definition) is 3. The highest BCUT2D eigenvalue weighted by Crippen LogP contribution is 2.51. The highest BCUT2D eigenvalue weighted by molar-refractivity contribution is 5.43. The minimum Gasteiger partial charge on any atom is -0.490 e. The fourth-order valence-corrected chi connectivity index (χ4v) is 2.89. The van der Waals surface area contributed by atoms with Crippen molar-refractivity contribution in [1.82, 2.24) is 5.32 Å². The van der Waals surface area contributed by atoms with E-state index in [1.807, 2.05) is 6.07 Å². The normalized spacial score (nSPS) is 19.8. The Hall–Kier alpha value is -1.22. The maximum atomic E-state index is 5.73. The van der Waals surface area contributed by atoms with E-state index in [0.29, 0.717) is 5.41 Å². The summed E-state index contributed by atoms with van der Waals surface area (Å²) in [4.78, 5) is 0. The van der Waals surface area contributed by atoms with Gasteiger partial charge < -0.3 is 14.8 Å². The molecular formula is C17H25NO2. The number of hydrogen-bond donors (Lipinski definition) is 1. The number of ether oxygens (including phenoxy) is 2. The molecule has 0 atom stereocenters. The molecule has 20 heavy (non-hydrogen) atoms. The van der Waals surface area contributed by atoms with Crippen LogP contribution in [0.5, 0.6) is 11.5 Å². The van der Waals surface area contributed by atoms with Gasteiger partial charge in [-0.3, -0.25) is 0 Å². The molecule has 0 bridgehead atoms. The van der Waals surface area contributed by atoms with Gasteiger partial charge in [-0.15, -0.1) is 0 Å². The Balaban J connectivity index is 1.57. The van der Waals surface area contributed by atoms with Gasteiger partial charge in [-0.1, -0.05) is 19.9 Å². The zero-order chi connectivity index (χ0) is 14.0. The summed E-state index contributed by atoms with van der Waals surface area (Å²) in [5.74, 6) is 2.55. The zero-order valence-corrected chi connectivity index (χ0v) is 12.6. The fraction of sp³-hybridized carbons (Fsp3) is 0.647. The predicted octanol–water partition coefficient (Wildman–Crippen LogP) is 3.37. The lowest BCUT2D eigenvalue weighted by atomic mass is 9.92. The van der Waals surface area contributed by atoms with E-state index in [0.717, 1.165) is 50.1 Å². The van der Waals surface area contributed by atoms with Gasteiger partial charge in [0.25, 0.3) is 0 Å². The quantitative estimate of drug-likeness (QED) is 0.893. The van der Waals surface area contributed by atoms with Gasteiger partial charge in [-0.25, -0.2) is 0 Å². The molecule has 0 unspecified atom stereocenters. The predicted molar refractivity (Wildman–Crippen MR) is 80.3 cm³/mol. The Bertz CT molecular complexity index is 466. The molecule has 2 aliphatic rings. The van der Waals surface area contributed by atoms with Gasteiger partial charge in [0.15, 0.2) is 11.5 Å². The van der Waals surface area contributed by atoms with Crippen molar-refractivity contribution in [1.29, 1.82) is 0 Å². The first-order valence-electron chi connectivity index (χ1n) is 7.79. The lowest BCUT2D eigenvalue weighted by Crippen LogP contribution is -2.27. The minimum absolute atomic E-state index is 0.561. The van der Waals surface area contributed by atoms with Gasteiger partial charge >= 0.3 is 0 Å². The summed E-state index contributed by atoms with van der Waals surface area (Å²) in [7, 11) is 0. The second-order valence-corrected chi connectivity index (χ2v) is 6.45. The lowest BCUT2D eigenvalue weighted by Gasteiger charge is -2.20. The van der Waals surface area contributed by atoms with Crippen molar-refractivity contribution in [3.8, 4) is 11.5 Å². The summed E-state index contributed by atoms with van der Waals surface area (Å²) in [5.41, 5.74) is 1.83. The number of nitrogens with one attached hydrogen (secondary N) is 1.